The Bertz CT molecular complexity index is 946. The smallest absolute Gasteiger partial charge is 0.271 e. The molecule has 2 rings (SSSR count). The zero-order valence-corrected chi connectivity index (χ0v) is 16.2. The molecular weight excluding hydrogens is 374 g/mol. The first kappa shape index (κ1) is 21.4. The first-order valence-electron chi connectivity index (χ1n) is 8.97. The van der Waals surface area contributed by atoms with Crippen LogP contribution in [0.25, 0.3) is 6.08 Å². The zero-order chi connectivity index (χ0) is 21.2. The number of non-ortho nitro benzene ring substituents is 1. The Morgan fingerprint density at radius 3 is 2.59 bits per heavy atom. The molecule has 0 aliphatic rings. The number of rotatable bonds is 9. The molecule has 0 bridgehead atoms. The topological polar surface area (TPSA) is 114 Å². The number of nitro groups is 1. The standard InChI is InChI=1S/C21H21N3O5/c1-3-4-11-29-18-8-5-15(6-9-18)12-16(14-22)21(25)23-19-13-17(24(26)27)7-10-20(19)28-2/h5-10,12-13H,3-4,11H2,1-2H3,(H,23,25). The highest BCUT2D eigenvalue weighted by Gasteiger charge is 2.16. The molecule has 0 unspecified atom stereocenters. The minimum Gasteiger partial charge on any atom is -0.495 e. The minimum absolute atomic E-state index is 0.104. The lowest BCUT2D eigenvalue weighted by Gasteiger charge is -2.09. The fourth-order valence-corrected chi connectivity index (χ4v) is 2.41. The SMILES string of the molecule is CCCCOc1ccc(C=C(C#N)C(=O)Nc2cc([N+](=O)[O-])ccc2OC)cc1. The maximum absolute atomic E-state index is 12.5. The number of methoxy groups -OCH3 is 1. The lowest BCUT2D eigenvalue weighted by Crippen LogP contribution is -2.14. The average molecular weight is 395 g/mol. The van der Waals surface area contributed by atoms with Crippen molar-refractivity contribution in [3.05, 3.63) is 63.7 Å². The quantitative estimate of drug-likeness (QED) is 0.222. The predicted octanol–water partition coefficient (Wildman–Crippen LogP) is 4.33. The van der Waals surface area contributed by atoms with Gasteiger partial charge in [0.05, 0.1) is 24.3 Å². The molecule has 0 aromatic heterocycles. The van der Waals surface area contributed by atoms with Gasteiger partial charge < -0.3 is 14.8 Å². The summed E-state index contributed by atoms with van der Waals surface area (Å²) in [4.78, 5) is 22.9. The van der Waals surface area contributed by atoms with E-state index in [-0.39, 0.29) is 22.7 Å². The van der Waals surface area contributed by atoms with E-state index in [0.717, 1.165) is 12.8 Å². The molecule has 2 aromatic carbocycles. The van der Waals surface area contributed by atoms with E-state index in [9.17, 15) is 20.2 Å². The fourth-order valence-electron chi connectivity index (χ4n) is 2.41. The van der Waals surface area contributed by atoms with Gasteiger partial charge in [0.2, 0.25) is 0 Å². The molecule has 2 aromatic rings. The molecule has 0 atom stereocenters. The number of hydrogen-bond acceptors (Lipinski definition) is 6. The number of nitrogens with one attached hydrogen (secondary N) is 1. The van der Waals surface area contributed by atoms with E-state index < -0.39 is 10.8 Å². The summed E-state index contributed by atoms with van der Waals surface area (Å²) in [6.07, 6.45) is 3.42. The van der Waals surface area contributed by atoms with Gasteiger partial charge in [-0.25, -0.2) is 0 Å². The molecule has 0 spiro atoms. The second-order valence-electron chi connectivity index (χ2n) is 6.04. The maximum atomic E-state index is 12.5. The van der Waals surface area contributed by atoms with Crippen molar-refractivity contribution in [1.29, 1.82) is 5.26 Å². The number of carbonyl (C=O) groups is 1. The van der Waals surface area contributed by atoms with Crippen molar-refractivity contribution in [1.82, 2.24) is 0 Å². The first-order chi connectivity index (χ1) is 14.0. The van der Waals surface area contributed by atoms with Crippen LogP contribution in [-0.2, 0) is 4.79 Å². The summed E-state index contributed by atoms with van der Waals surface area (Å²) >= 11 is 0. The van der Waals surface area contributed by atoms with Crippen molar-refractivity contribution in [2.45, 2.75) is 19.8 Å². The van der Waals surface area contributed by atoms with Crippen LogP contribution in [-0.4, -0.2) is 24.5 Å². The molecular formula is C21H21N3O5. The fraction of sp³-hybridized carbons (Fsp3) is 0.238. The summed E-state index contributed by atoms with van der Waals surface area (Å²) in [6.45, 7) is 2.71. The number of ether oxygens (including phenoxy) is 2. The molecule has 0 saturated heterocycles. The van der Waals surface area contributed by atoms with Crippen molar-refractivity contribution in [3.63, 3.8) is 0 Å². The molecule has 29 heavy (non-hydrogen) atoms. The minimum atomic E-state index is -0.699. The van der Waals surface area contributed by atoms with Crippen LogP contribution in [0.4, 0.5) is 11.4 Å². The highest BCUT2D eigenvalue weighted by Crippen LogP contribution is 2.29. The Balaban J connectivity index is 2.17. The van der Waals surface area contributed by atoms with Gasteiger partial charge in [-0.15, -0.1) is 0 Å². The van der Waals surface area contributed by atoms with Gasteiger partial charge in [-0.1, -0.05) is 25.5 Å². The summed E-state index contributed by atoms with van der Waals surface area (Å²) in [5.41, 5.74) is 0.388. The van der Waals surface area contributed by atoms with Crippen molar-refractivity contribution in [3.8, 4) is 17.6 Å². The zero-order valence-electron chi connectivity index (χ0n) is 16.2. The van der Waals surface area contributed by atoms with Crippen LogP contribution in [0.3, 0.4) is 0 Å². The van der Waals surface area contributed by atoms with E-state index in [4.69, 9.17) is 9.47 Å². The summed E-state index contributed by atoms with van der Waals surface area (Å²) in [7, 11) is 1.38. The Hall–Kier alpha value is -3.86. The Morgan fingerprint density at radius 2 is 2.00 bits per heavy atom. The lowest BCUT2D eigenvalue weighted by atomic mass is 10.1. The van der Waals surface area contributed by atoms with Crippen molar-refractivity contribution in [2.24, 2.45) is 0 Å². The van der Waals surface area contributed by atoms with Crippen LogP contribution < -0.4 is 14.8 Å². The van der Waals surface area contributed by atoms with Gasteiger partial charge in [-0.3, -0.25) is 14.9 Å². The highest BCUT2D eigenvalue weighted by atomic mass is 16.6. The average Bonchev–Trinajstić information content (AvgIpc) is 2.73. The summed E-state index contributed by atoms with van der Waals surface area (Å²) in [5.74, 6) is 0.254. The lowest BCUT2D eigenvalue weighted by molar-refractivity contribution is -0.384. The van der Waals surface area contributed by atoms with Gasteiger partial charge in [-0.2, -0.15) is 5.26 Å². The largest absolute Gasteiger partial charge is 0.495 e. The number of nitrogens with zero attached hydrogens (tertiary/aromatic N) is 2. The molecule has 0 aliphatic carbocycles. The molecule has 0 radical (unpaired) electrons. The number of carbonyl (C=O) groups excluding carboxylic acids is 1. The number of nitro benzene ring substituents is 1. The molecule has 8 nitrogen and oxygen atoms in total. The van der Waals surface area contributed by atoms with E-state index in [1.54, 1.807) is 24.3 Å². The predicted molar refractivity (Wildman–Crippen MR) is 109 cm³/mol. The van der Waals surface area contributed by atoms with Gasteiger partial charge in [0, 0.05) is 12.1 Å². The first-order valence-corrected chi connectivity index (χ1v) is 8.97. The van der Waals surface area contributed by atoms with E-state index in [1.807, 2.05) is 6.07 Å². The summed E-state index contributed by atoms with van der Waals surface area (Å²) in [5, 5.41) is 22.8. The molecule has 0 saturated carbocycles. The van der Waals surface area contributed by atoms with E-state index in [0.29, 0.717) is 17.9 Å². The van der Waals surface area contributed by atoms with Crippen molar-refractivity contribution >= 4 is 23.4 Å². The highest BCUT2D eigenvalue weighted by molar-refractivity contribution is 6.10. The van der Waals surface area contributed by atoms with Crippen LogP contribution in [0, 0.1) is 21.4 Å². The van der Waals surface area contributed by atoms with Gasteiger partial charge >= 0.3 is 0 Å². The third kappa shape index (κ3) is 6.07. The molecule has 0 heterocycles. The molecule has 0 aliphatic heterocycles. The normalized spacial score (nSPS) is 10.7. The number of nitriles is 1. The number of unbranched alkanes of at least 4 members (excludes halogenated alkanes) is 1. The number of anilines is 1. The van der Waals surface area contributed by atoms with Crippen LogP contribution in [0.2, 0.25) is 0 Å². The Labute approximate surface area is 168 Å². The second kappa shape index (κ2) is 10.5. The van der Waals surface area contributed by atoms with Crippen LogP contribution >= 0.6 is 0 Å². The summed E-state index contributed by atoms with van der Waals surface area (Å²) < 4.78 is 10.7. The molecule has 0 fully saturated rings. The summed E-state index contributed by atoms with van der Waals surface area (Å²) in [6, 6.07) is 12.7. The molecule has 1 amide bonds. The third-order valence-corrected chi connectivity index (χ3v) is 3.96. The van der Waals surface area contributed by atoms with Crippen molar-refractivity contribution < 1.29 is 19.2 Å². The van der Waals surface area contributed by atoms with E-state index >= 15 is 0 Å². The third-order valence-electron chi connectivity index (χ3n) is 3.96. The number of amides is 1. The van der Waals surface area contributed by atoms with Crippen LogP contribution in [0.1, 0.15) is 25.3 Å². The van der Waals surface area contributed by atoms with Gasteiger partial charge in [0.15, 0.2) is 0 Å². The van der Waals surface area contributed by atoms with E-state index in [2.05, 4.69) is 12.2 Å². The van der Waals surface area contributed by atoms with E-state index in [1.165, 1.54) is 31.4 Å². The maximum Gasteiger partial charge on any atom is 0.271 e. The second-order valence-corrected chi connectivity index (χ2v) is 6.04. The van der Waals surface area contributed by atoms with Gasteiger partial charge in [0.25, 0.3) is 11.6 Å². The Morgan fingerprint density at radius 1 is 1.28 bits per heavy atom. The van der Waals surface area contributed by atoms with Crippen LogP contribution in [0.15, 0.2) is 48.0 Å². The number of hydrogen-bond donors (Lipinski definition) is 1. The monoisotopic (exact) mass is 395 g/mol. The molecule has 1 N–H and O–H groups in total. The molecule has 150 valence electrons. The van der Waals surface area contributed by atoms with Crippen LogP contribution in [0.5, 0.6) is 11.5 Å². The molecule has 8 heteroatoms. The Kier molecular flexibility index (Phi) is 7.74. The number of benzene rings is 2. The van der Waals surface area contributed by atoms with Gasteiger partial charge in [0.1, 0.15) is 23.1 Å². The van der Waals surface area contributed by atoms with Crippen molar-refractivity contribution in [2.75, 3.05) is 19.0 Å². The van der Waals surface area contributed by atoms with Gasteiger partial charge in [-0.05, 0) is 36.3 Å².